The van der Waals surface area contributed by atoms with Crippen molar-refractivity contribution in [2.75, 3.05) is 18.5 Å². The summed E-state index contributed by atoms with van der Waals surface area (Å²) in [5, 5.41) is 10.4. The molecule has 0 saturated heterocycles. The normalized spacial score (nSPS) is 12.1. The first-order valence-corrected chi connectivity index (χ1v) is 10.3. The predicted molar refractivity (Wildman–Crippen MR) is 121 cm³/mol. The van der Waals surface area contributed by atoms with Crippen LogP contribution >= 0.6 is 0 Å². The van der Waals surface area contributed by atoms with Crippen molar-refractivity contribution >= 4 is 22.7 Å². The first kappa shape index (κ1) is 20.8. The molecule has 1 aromatic heterocycles. The first-order chi connectivity index (χ1) is 13.9. The van der Waals surface area contributed by atoms with Crippen molar-refractivity contribution in [1.29, 1.82) is 0 Å². The summed E-state index contributed by atoms with van der Waals surface area (Å²) in [6, 6.07) is 17.1. The highest BCUT2D eigenvalue weighted by Crippen LogP contribution is 2.32. The monoisotopic (exact) mass is 390 g/mol. The third-order valence-electron chi connectivity index (χ3n) is 5.40. The van der Waals surface area contributed by atoms with E-state index in [4.69, 9.17) is 4.98 Å². The summed E-state index contributed by atoms with van der Waals surface area (Å²) in [6.07, 6.45) is 3.41. The van der Waals surface area contributed by atoms with Crippen LogP contribution in [0.3, 0.4) is 0 Å². The predicted octanol–water partition coefficient (Wildman–Crippen LogP) is 5.71. The number of aromatic nitrogens is 1. The molecule has 4 nitrogen and oxygen atoms in total. The van der Waals surface area contributed by atoms with Gasteiger partial charge in [-0.2, -0.15) is 0 Å². The number of hydrogen-bond donors (Lipinski definition) is 1. The molecule has 0 aliphatic rings. The quantitative estimate of drug-likeness (QED) is 0.535. The summed E-state index contributed by atoms with van der Waals surface area (Å²) in [6.45, 7) is 6.43. The number of aryl methyl sites for hydroxylation is 2. The molecule has 29 heavy (non-hydrogen) atoms. The van der Waals surface area contributed by atoms with Crippen LogP contribution in [0.2, 0.25) is 0 Å². The van der Waals surface area contributed by atoms with Crippen LogP contribution in [-0.2, 0) is 11.2 Å². The molecule has 0 aliphatic carbocycles. The van der Waals surface area contributed by atoms with Crippen molar-refractivity contribution in [2.24, 2.45) is 5.92 Å². The molecule has 0 fully saturated rings. The molecule has 0 spiro atoms. The highest BCUT2D eigenvalue weighted by molar-refractivity contribution is 5.96. The maximum atomic E-state index is 11.3. The van der Waals surface area contributed by atoms with Gasteiger partial charge in [0.15, 0.2) is 0 Å². The summed E-state index contributed by atoms with van der Waals surface area (Å²) < 4.78 is 0. The maximum Gasteiger partial charge on any atom is 0.308 e. The zero-order chi connectivity index (χ0) is 21.0. The van der Waals surface area contributed by atoms with E-state index < -0.39 is 11.9 Å². The largest absolute Gasteiger partial charge is 0.481 e. The molecule has 1 N–H and O–H groups in total. The Labute approximate surface area is 173 Å². The zero-order valence-electron chi connectivity index (χ0n) is 17.8. The van der Waals surface area contributed by atoms with Gasteiger partial charge in [0, 0.05) is 19.0 Å². The van der Waals surface area contributed by atoms with Gasteiger partial charge < -0.3 is 10.0 Å². The SMILES string of the molecule is CCCCc1ccc2nc(N(C)CC(C)C(=O)O)cc(-c3ccc(C)cc3)c2c1. The fourth-order valence-corrected chi connectivity index (χ4v) is 3.55. The highest BCUT2D eigenvalue weighted by Gasteiger charge is 2.17. The number of nitrogens with zero attached hydrogens (tertiary/aromatic N) is 2. The molecule has 3 rings (SSSR count). The van der Waals surface area contributed by atoms with Gasteiger partial charge in [-0.3, -0.25) is 4.79 Å². The number of carboxylic acid groups (broad SMARTS) is 1. The van der Waals surface area contributed by atoms with Crippen LogP contribution in [0.1, 0.15) is 37.8 Å². The second kappa shape index (κ2) is 9.08. The minimum atomic E-state index is -0.794. The number of pyridine rings is 1. The van der Waals surface area contributed by atoms with Crippen molar-refractivity contribution in [1.82, 2.24) is 4.98 Å². The number of rotatable bonds is 8. The third kappa shape index (κ3) is 4.94. The number of hydrogen-bond acceptors (Lipinski definition) is 3. The molecule has 0 saturated carbocycles. The summed E-state index contributed by atoms with van der Waals surface area (Å²) in [5.74, 6) is -0.462. The van der Waals surface area contributed by atoms with Crippen LogP contribution in [0.4, 0.5) is 5.82 Å². The number of aliphatic carboxylic acids is 1. The van der Waals surface area contributed by atoms with Gasteiger partial charge in [-0.1, -0.05) is 56.2 Å². The van der Waals surface area contributed by atoms with Crippen LogP contribution in [0, 0.1) is 12.8 Å². The van der Waals surface area contributed by atoms with E-state index in [9.17, 15) is 9.90 Å². The molecule has 2 aromatic carbocycles. The first-order valence-electron chi connectivity index (χ1n) is 10.3. The average molecular weight is 391 g/mol. The second-order valence-corrected chi connectivity index (χ2v) is 7.97. The molecule has 0 bridgehead atoms. The van der Waals surface area contributed by atoms with Crippen LogP contribution in [0.5, 0.6) is 0 Å². The highest BCUT2D eigenvalue weighted by atomic mass is 16.4. The number of anilines is 1. The van der Waals surface area contributed by atoms with E-state index in [1.54, 1.807) is 6.92 Å². The van der Waals surface area contributed by atoms with Crippen LogP contribution < -0.4 is 4.90 Å². The molecule has 152 valence electrons. The minimum Gasteiger partial charge on any atom is -0.481 e. The third-order valence-corrected chi connectivity index (χ3v) is 5.40. The Balaban J connectivity index is 2.10. The lowest BCUT2D eigenvalue weighted by Gasteiger charge is -2.22. The lowest BCUT2D eigenvalue weighted by molar-refractivity contribution is -0.140. The van der Waals surface area contributed by atoms with Gasteiger partial charge >= 0.3 is 5.97 Å². The Hall–Kier alpha value is -2.88. The smallest absolute Gasteiger partial charge is 0.308 e. The van der Waals surface area contributed by atoms with E-state index in [1.807, 2.05) is 11.9 Å². The molecule has 1 unspecified atom stereocenters. The molecule has 4 heteroatoms. The van der Waals surface area contributed by atoms with Crippen molar-refractivity contribution in [2.45, 2.75) is 40.0 Å². The standard InChI is InChI=1S/C25H30N2O2/c1-5-6-7-19-10-13-23-22(14-19)21(20-11-8-17(2)9-12-20)15-24(26-23)27(4)16-18(3)25(28)29/h8-15,18H,5-7,16H2,1-4H3,(H,28,29). The Morgan fingerprint density at radius 2 is 1.86 bits per heavy atom. The summed E-state index contributed by atoms with van der Waals surface area (Å²) in [5.41, 5.74) is 5.78. The summed E-state index contributed by atoms with van der Waals surface area (Å²) in [4.78, 5) is 18.1. The Morgan fingerprint density at radius 1 is 1.14 bits per heavy atom. The lowest BCUT2D eigenvalue weighted by atomic mass is 9.97. The van der Waals surface area contributed by atoms with Crippen LogP contribution in [0.25, 0.3) is 22.0 Å². The van der Waals surface area contributed by atoms with Gasteiger partial charge in [0.2, 0.25) is 0 Å². The number of unbranched alkanes of at least 4 members (excludes halogenated alkanes) is 1. The van der Waals surface area contributed by atoms with Gasteiger partial charge in [0.05, 0.1) is 11.4 Å². The van der Waals surface area contributed by atoms with E-state index in [2.05, 4.69) is 62.4 Å². The summed E-state index contributed by atoms with van der Waals surface area (Å²) in [7, 11) is 1.90. The average Bonchev–Trinajstić information content (AvgIpc) is 2.71. The molecule has 0 amide bonds. The van der Waals surface area contributed by atoms with Crippen molar-refractivity contribution < 1.29 is 9.90 Å². The Morgan fingerprint density at radius 3 is 2.52 bits per heavy atom. The van der Waals surface area contributed by atoms with Gasteiger partial charge in [-0.25, -0.2) is 4.98 Å². The molecule has 3 aromatic rings. The summed E-state index contributed by atoms with van der Waals surface area (Å²) >= 11 is 0. The van der Waals surface area contributed by atoms with Gasteiger partial charge in [0.1, 0.15) is 5.82 Å². The fraction of sp³-hybridized carbons (Fsp3) is 0.360. The Bertz CT molecular complexity index is 996. The van der Waals surface area contributed by atoms with Gasteiger partial charge in [-0.05, 0) is 54.7 Å². The molecular formula is C25H30N2O2. The van der Waals surface area contributed by atoms with E-state index in [0.717, 1.165) is 34.3 Å². The van der Waals surface area contributed by atoms with E-state index >= 15 is 0 Å². The second-order valence-electron chi connectivity index (χ2n) is 7.97. The van der Waals surface area contributed by atoms with Gasteiger partial charge in [0.25, 0.3) is 0 Å². The molecule has 0 aliphatic heterocycles. The number of carboxylic acids is 1. The van der Waals surface area contributed by atoms with Crippen LogP contribution in [-0.4, -0.2) is 29.7 Å². The zero-order valence-corrected chi connectivity index (χ0v) is 17.8. The van der Waals surface area contributed by atoms with Crippen LogP contribution in [0.15, 0.2) is 48.5 Å². The topological polar surface area (TPSA) is 53.4 Å². The van der Waals surface area contributed by atoms with E-state index in [-0.39, 0.29) is 0 Å². The van der Waals surface area contributed by atoms with E-state index in [0.29, 0.717) is 6.54 Å². The molecular weight excluding hydrogens is 360 g/mol. The minimum absolute atomic E-state index is 0.412. The lowest BCUT2D eigenvalue weighted by Crippen LogP contribution is -2.29. The fourth-order valence-electron chi connectivity index (χ4n) is 3.55. The number of carbonyl (C=O) groups is 1. The number of fused-ring (bicyclic) bond motifs is 1. The Kier molecular flexibility index (Phi) is 6.53. The van der Waals surface area contributed by atoms with Crippen molar-refractivity contribution in [3.05, 3.63) is 59.7 Å². The van der Waals surface area contributed by atoms with E-state index in [1.165, 1.54) is 24.0 Å². The molecule has 1 atom stereocenters. The maximum absolute atomic E-state index is 11.3. The van der Waals surface area contributed by atoms with Crippen molar-refractivity contribution in [3.63, 3.8) is 0 Å². The molecule has 1 heterocycles. The van der Waals surface area contributed by atoms with Gasteiger partial charge in [-0.15, -0.1) is 0 Å². The van der Waals surface area contributed by atoms with Crippen molar-refractivity contribution in [3.8, 4) is 11.1 Å². The molecule has 0 radical (unpaired) electrons. The number of benzene rings is 2.